The molecule has 0 saturated heterocycles. The summed E-state index contributed by atoms with van der Waals surface area (Å²) in [5.41, 5.74) is 5.01. The Labute approximate surface area is 108 Å². The molecule has 1 aromatic heterocycles. The third kappa shape index (κ3) is 2.47. The Morgan fingerprint density at radius 2 is 2.06 bits per heavy atom. The van der Waals surface area contributed by atoms with Crippen molar-refractivity contribution in [1.29, 1.82) is 0 Å². The molecule has 0 spiro atoms. The first-order valence-corrected chi connectivity index (χ1v) is 6.59. The molecule has 1 heterocycles. The predicted octanol–water partition coefficient (Wildman–Crippen LogP) is 4.12. The lowest BCUT2D eigenvalue weighted by Crippen LogP contribution is -1.95. The Hall–Kier alpha value is -1.57. The summed E-state index contributed by atoms with van der Waals surface area (Å²) in [6.45, 7) is 8.15. The topological polar surface area (TPSA) is 32.9 Å². The molecule has 0 amide bonds. The standard InChI is InChI=1S/C16H21NO/c1-10(2)13-6-8-16-15(9-13)14(12(4)17-16)7-5-11(3)18/h6,8-10,17H,5,7H2,1-4H3. The van der Waals surface area contributed by atoms with E-state index in [1.54, 1.807) is 6.92 Å². The number of H-pyrrole nitrogens is 1. The fourth-order valence-electron chi connectivity index (χ4n) is 2.38. The second-order valence-electron chi connectivity index (χ2n) is 5.39. The van der Waals surface area contributed by atoms with E-state index in [2.05, 4.69) is 44.0 Å². The van der Waals surface area contributed by atoms with Crippen molar-refractivity contribution in [3.05, 3.63) is 35.0 Å². The maximum atomic E-state index is 11.2. The monoisotopic (exact) mass is 243 g/mol. The first-order valence-electron chi connectivity index (χ1n) is 6.59. The van der Waals surface area contributed by atoms with Crippen LogP contribution in [-0.4, -0.2) is 10.8 Å². The van der Waals surface area contributed by atoms with E-state index in [0.29, 0.717) is 12.3 Å². The van der Waals surface area contributed by atoms with Crippen molar-refractivity contribution in [3.63, 3.8) is 0 Å². The number of carbonyl (C=O) groups excluding carboxylic acids is 1. The number of hydrogen-bond donors (Lipinski definition) is 1. The predicted molar refractivity (Wildman–Crippen MR) is 76.1 cm³/mol. The van der Waals surface area contributed by atoms with Gasteiger partial charge in [0.1, 0.15) is 5.78 Å². The molecule has 2 rings (SSSR count). The van der Waals surface area contributed by atoms with E-state index in [0.717, 1.165) is 6.42 Å². The number of nitrogens with one attached hydrogen (secondary N) is 1. The normalized spacial score (nSPS) is 11.4. The smallest absolute Gasteiger partial charge is 0.130 e. The van der Waals surface area contributed by atoms with Gasteiger partial charge >= 0.3 is 0 Å². The van der Waals surface area contributed by atoms with Crippen LogP contribution in [0.1, 0.15) is 49.9 Å². The van der Waals surface area contributed by atoms with Gasteiger partial charge < -0.3 is 9.78 Å². The molecule has 1 aromatic carbocycles. The molecule has 1 N–H and O–H groups in total. The summed E-state index contributed by atoms with van der Waals surface area (Å²) in [5, 5.41) is 1.28. The largest absolute Gasteiger partial charge is 0.358 e. The van der Waals surface area contributed by atoms with Crippen LogP contribution in [0.2, 0.25) is 0 Å². The number of aromatic amines is 1. The zero-order valence-electron chi connectivity index (χ0n) is 11.6. The number of aryl methyl sites for hydroxylation is 2. The van der Waals surface area contributed by atoms with Crippen LogP contribution < -0.4 is 0 Å². The van der Waals surface area contributed by atoms with Gasteiger partial charge in [0.05, 0.1) is 0 Å². The first-order chi connectivity index (χ1) is 8.49. The minimum atomic E-state index is 0.253. The van der Waals surface area contributed by atoms with Crippen LogP contribution in [0.5, 0.6) is 0 Å². The number of hydrogen-bond acceptors (Lipinski definition) is 1. The van der Waals surface area contributed by atoms with Gasteiger partial charge in [0.25, 0.3) is 0 Å². The van der Waals surface area contributed by atoms with Crippen molar-refractivity contribution in [2.24, 2.45) is 0 Å². The van der Waals surface area contributed by atoms with Crippen LogP contribution in [0.15, 0.2) is 18.2 Å². The van der Waals surface area contributed by atoms with Crippen LogP contribution >= 0.6 is 0 Å². The van der Waals surface area contributed by atoms with Gasteiger partial charge in [-0.3, -0.25) is 0 Å². The van der Waals surface area contributed by atoms with Crippen LogP contribution in [0.3, 0.4) is 0 Å². The number of ketones is 1. The van der Waals surface area contributed by atoms with Crippen LogP contribution in [0.4, 0.5) is 0 Å². The molecule has 0 saturated carbocycles. The average molecular weight is 243 g/mol. The van der Waals surface area contributed by atoms with Gasteiger partial charge in [0, 0.05) is 23.0 Å². The van der Waals surface area contributed by atoms with Gasteiger partial charge in [0.15, 0.2) is 0 Å². The minimum absolute atomic E-state index is 0.253. The number of rotatable bonds is 4. The molecule has 0 aliphatic rings. The number of Topliss-reactive ketones (excluding diaryl/α,β-unsaturated/α-hetero) is 1. The van der Waals surface area contributed by atoms with E-state index in [-0.39, 0.29) is 5.78 Å². The zero-order valence-corrected chi connectivity index (χ0v) is 11.6. The van der Waals surface area contributed by atoms with E-state index in [9.17, 15) is 4.79 Å². The van der Waals surface area contributed by atoms with Gasteiger partial charge in [-0.25, -0.2) is 0 Å². The number of fused-ring (bicyclic) bond motifs is 1. The quantitative estimate of drug-likeness (QED) is 0.860. The summed E-state index contributed by atoms with van der Waals surface area (Å²) in [5.74, 6) is 0.786. The van der Waals surface area contributed by atoms with Crippen LogP contribution in [-0.2, 0) is 11.2 Å². The van der Waals surface area contributed by atoms with Crippen LogP contribution in [0.25, 0.3) is 10.9 Å². The molecule has 96 valence electrons. The Kier molecular flexibility index (Phi) is 3.55. The lowest BCUT2D eigenvalue weighted by molar-refractivity contribution is -0.116. The number of aromatic nitrogens is 1. The molecular formula is C16H21NO. The minimum Gasteiger partial charge on any atom is -0.358 e. The molecule has 0 radical (unpaired) electrons. The molecule has 2 nitrogen and oxygen atoms in total. The van der Waals surface area contributed by atoms with Crippen molar-refractivity contribution >= 4 is 16.7 Å². The fraction of sp³-hybridized carbons (Fsp3) is 0.438. The van der Waals surface area contributed by atoms with E-state index in [1.807, 2.05) is 0 Å². The maximum absolute atomic E-state index is 11.2. The van der Waals surface area contributed by atoms with E-state index >= 15 is 0 Å². The van der Waals surface area contributed by atoms with E-state index in [1.165, 1.54) is 27.7 Å². The zero-order chi connectivity index (χ0) is 13.3. The first kappa shape index (κ1) is 12.9. The highest BCUT2D eigenvalue weighted by Gasteiger charge is 2.10. The third-order valence-corrected chi connectivity index (χ3v) is 3.54. The van der Waals surface area contributed by atoms with E-state index in [4.69, 9.17) is 0 Å². The van der Waals surface area contributed by atoms with Gasteiger partial charge in [0.2, 0.25) is 0 Å². The Balaban J connectivity index is 2.46. The molecule has 2 heteroatoms. The molecule has 0 bridgehead atoms. The SMILES string of the molecule is CC(=O)CCc1c(C)[nH]c2ccc(C(C)C)cc12. The molecule has 0 atom stereocenters. The highest BCUT2D eigenvalue weighted by atomic mass is 16.1. The summed E-state index contributed by atoms with van der Waals surface area (Å²) in [6, 6.07) is 6.59. The van der Waals surface area contributed by atoms with Crippen molar-refractivity contribution in [1.82, 2.24) is 4.98 Å². The number of benzene rings is 1. The second kappa shape index (κ2) is 4.97. The summed E-state index contributed by atoms with van der Waals surface area (Å²) in [6.07, 6.45) is 1.46. The van der Waals surface area contributed by atoms with Gasteiger partial charge in [-0.2, -0.15) is 0 Å². The summed E-state index contributed by atoms with van der Waals surface area (Å²) in [4.78, 5) is 14.6. The van der Waals surface area contributed by atoms with Crippen molar-refractivity contribution in [3.8, 4) is 0 Å². The molecule has 0 fully saturated rings. The summed E-state index contributed by atoms with van der Waals surface area (Å²) >= 11 is 0. The second-order valence-corrected chi connectivity index (χ2v) is 5.39. The van der Waals surface area contributed by atoms with Crippen molar-refractivity contribution < 1.29 is 4.79 Å². The highest BCUT2D eigenvalue weighted by molar-refractivity contribution is 5.86. The Bertz CT molecular complexity index is 578. The molecule has 2 aromatic rings. The average Bonchev–Trinajstić information content (AvgIpc) is 2.60. The third-order valence-electron chi connectivity index (χ3n) is 3.54. The van der Waals surface area contributed by atoms with Gasteiger partial charge in [-0.05, 0) is 49.4 Å². The molecule has 0 aliphatic carbocycles. The van der Waals surface area contributed by atoms with Crippen molar-refractivity contribution in [2.75, 3.05) is 0 Å². The Morgan fingerprint density at radius 1 is 1.33 bits per heavy atom. The molecule has 0 unspecified atom stereocenters. The fourth-order valence-corrected chi connectivity index (χ4v) is 2.38. The summed E-state index contributed by atoms with van der Waals surface area (Å²) < 4.78 is 0. The lowest BCUT2D eigenvalue weighted by Gasteiger charge is -2.06. The Morgan fingerprint density at radius 3 is 2.67 bits per heavy atom. The highest BCUT2D eigenvalue weighted by Crippen LogP contribution is 2.27. The number of carbonyl (C=O) groups is 1. The van der Waals surface area contributed by atoms with E-state index < -0.39 is 0 Å². The van der Waals surface area contributed by atoms with Crippen molar-refractivity contribution in [2.45, 2.75) is 46.5 Å². The molecule has 0 aliphatic heterocycles. The molecule has 18 heavy (non-hydrogen) atoms. The maximum Gasteiger partial charge on any atom is 0.130 e. The van der Waals surface area contributed by atoms with Crippen LogP contribution in [0, 0.1) is 6.92 Å². The molecular weight excluding hydrogens is 222 g/mol. The van der Waals surface area contributed by atoms with Gasteiger partial charge in [-0.1, -0.05) is 19.9 Å². The van der Waals surface area contributed by atoms with Gasteiger partial charge in [-0.15, -0.1) is 0 Å². The summed E-state index contributed by atoms with van der Waals surface area (Å²) in [7, 11) is 0. The lowest BCUT2D eigenvalue weighted by atomic mass is 9.98.